The summed E-state index contributed by atoms with van der Waals surface area (Å²) in [6.07, 6.45) is -4.53. The number of nitrogens with zero attached hydrogens (tertiary/aromatic N) is 1. The molecule has 1 aromatic heterocycles. The minimum atomic E-state index is -4.53. The number of carbonyl (C=O) groups excluding carboxylic acids is 1. The maximum absolute atomic E-state index is 13.9. The predicted octanol–water partition coefficient (Wildman–Crippen LogP) is 3.75. The maximum atomic E-state index is 13.9. The minimum absolute atomic E-state index is 0.0521. The molecule has 0 radical (unpaired) electrons. The van der Waals surface area contributed by atoms with Crippen molar-refractivity contribution in [3.63, 3.8) is 0 Å². The van der Waals surface area contributed by atoms with Crippen LogP contribution < -0.4 is 0 Å². The number of benzene rings is 1. The third kappa shape index (κ3) is 2.64. The first-order valence-electron chi connectivity index (χ1n) is 5.25. The van der Waals surface area contributed by atoms with Crippen molar-refractivity contribution in [1.29, 1.82) is 0 Å². The van der Waals surface area contributed by atoms with Crippen molar-refractivity contribution in [1.82, 2.24) is 4.37 Å². The summed E-state index contributed by atoms with van der Waals surface area (Å²) in [5.41, 5.74) is -1.27. The van der Waals surface area contributed by atoms with E-state index in [1.54, 1.807) is 0 Å². The average molecular weight is 305 g/mol. The minimum Gasteiger partial charge on any atom is -0.465 e. The zero-order valence-electron chi connectivity index (χ0n) is 9.99. The number of ether oxygens (including phenoxy) is 1. The molecule has 3 nitrogen and oxygen atoms in total. The van der Waals surface area contributed by atoms with Crippen LogP contribution in [0.3, 0.4) is 0 Å². The molecular formula is C12H7F4NO2S. The van der Waals surface area contributed by atoms with Crippen molar-refractivity contribution in [2.24, 2.45) is 0 Å². The Morgan fingerprint density at radius 2 is 2.05 bits per heavy atom. The summed E-state index contributed by atoms with van der Waals surface area (Å²) in [5, 5.41) is 0. The van der Waals surface area contributed by atoms with E-state index < -0.39 is 23.5 Å². The summed E-state index contributed by atoms with van der Waals surface area (Å²) >= 11 is 0.536. The number of hydrogen-bond donors (Lipinski definition) is 0. The van der Waals surface area contributed by atoms with Crippen LogP contribution in [0.5, 0.6) is 0 Å². The standard InChI is InChI=1S/C12H7F4NO2S/c1-19-11(18)10-8(13)9(17-20-10)6-3-2-4-7(5-6)12(14,15)16/h2-5H,1H3. The number of alkyl halides is 3. The molecule has 0 unspecified atom stereocenters. The quantitative estimate of drug-likeness (QED) is 0.626. The van der Waals surface area contributed by atoms with Crippen LogP contribution in [-0.2, 0) is 10.9 Å². The van der Waals surface area contributed by atoms with Gasteiger partial charge in [-0.2, -0.15) is 17.5 Å². The number of methoxy groups -OCH3 is 1. The van der Waals surface area contributed by atoms with Crippen LogP contribution in [0.1, 0.15) is 15.2 Å². The van der Waals surface area contributed by atoms with E-state index in [4.69, 9.17) is 0 Å². The zero-order valence-corrected chi connectivity index (χ0v) is 10.8. The topological polar surface area (TPSA) is 39.2 Å². The molecule has 20 heavy (non-hydrogen) atoms. The lowest BCUT2D eigenvalue weighted by Gasteiger charge is -2.07. The monoisotopic (exact) mass is 305 g/mol. The van der Waals surface area contributed by atoms with E-state index in [1.807, 2.05) is 0 Å². The molecule has 8 heteroatoms. The smallest absolute Gasteiger partial charge is 0.416 e. The van der Waals surface area contributed by atoms with E-state index in [1.165, 1.54) is 6.07 Å². The Morgan fingerprint density at radius 3 is 2.65 bits per heavy atom. The molecule has 2 rings (SSSR count). The fourth-order valence-electron chi connectivity index (χ4n) is 1.52. The summed E-state index contributed by atoms with van der Waals surface area (Å²) < 4.78 is 59.7. The van der Waals surface area contributed by atoms with Crippen molar-refractivity contribution in [2.45, 2.75) is 6.18 Å². The number of carbonyl (C=O) groups is 1. The van der Waals surface area contributed by atoms with Gasteiger partial charge < -0.3 is 4.74 Å². The molecule has 0 bridgehead atoms. The molecule has 0 spiro atoms. The van der Waals surface area contributed by atoms with Crippen LogP contribution in [0, 0.1) is 5.82 Å². The molecule has 0 aliphatic rings. The Labute approximate surface area is 115 Å². The van der Waals surface area contributed by atoms with Crippen molar-refractivity contribution < 1.29 is 27.1 Å². The first-order valence-corrected chi connectivity index (χ1v) is 6.03. The first kappa shape index (κ1) is 14.4. The molecule has 0 atom stereocenters. The average Bonchev–Trinajstić information content (AvgIpc) is 2.79. The highest BCUT2D eigenvalue weighted by atomic mass is 32.1. The first-order chi connectivity index (χ1) is 9.34. The third-order valence-electron chi connectivity index (χ3n) is 2.47. The summed E-state index contributed by atoms with van der Waals surface area (Å²) in [7, 11) is 1.07. The summed E-state index contributed by atoms with van der Waals surface area (Å²) in [4.78, 5) is 10.9. The Morgan fingerprint density at radius 1 is 1.35 bits per heavy atom. The van der Waals surface area contributed by atoms with E-state index >= 15 is 0 Å². The van der Waals surface area contributed by atoms with E-state index in [0.29, 0.717) is 11.5 Å². The number of aromatic nitrogens is 1. The lowest BCUT2D eigenvalue weighted by Crippen LogP contribution is -2.04. The van der Waals surface area contributed by atoms with Crippen molar-refractivity contribution in [3.8, 4) is 11.3 Å². The van der Waals surface area contributed by atoms with Gasteiger partial charge >= 0.3 is 12.1 Å². The molecule has 0 aliphatic heterocycles. The number of halogens is 4. The lowest BCUT2D eigenvalue weighted by molar-refractivity contribution is -0.137. The fraction of sp³-hybridized carbons (Fsp3) is 0.167. The normalized spacial score (nSPS) is 11.4. The number of hydrogen-bond acceptors (Lipinski definition) is 4. The van der Waals surface area contributed by atoms with E-state index in [9.17, 15) is 22.4 Å². The van der Waals surface area contributed by atoms with Crippen molar-refractivity contribution >= 4 is 17.5 Å². The Kier molecular flexibility index (Phi) is 3.76. The molecule has 0 N–H and O–H groups in total. The number of esters is 1. The van der Waals surface area contributed by atoms with E-state index in [0.717, 1.165) is 25.3 Å². The Balaban J connectivity index is 2.48. The Bertz CT molecular complexity index is 651. The van der Waals surface area contributed by atoms with Gasteiger partial charge in [0.05, 0.1) is 12.7 Å². The zero-order chi connectivity index (χ0) is 14.9. The van der Waals surface area contributed by atoms with Crippen LogP contribution >= 0.6 is 11.5 Å². The maximum Gasteiger partial charge on any atom is 0.416 e. The highest BCUT2D eigenvalue weighted by Gasteiger charge is 2.31. The predicted molar refractivity (Wildman–Crippen MR) is 63.8 cm³/mol. The van der Waals surface area contributed by atoms with Crippen LogP contribution in [0.2, 0.25) is 0 Å². The Hall–Kier alpha value is -1.96. The SMILES string of the molecule is COC(=O)c1snc(-c2cccc(C(F)(F)F)c2)c1F. The van der Waals surface area contributed by atoms with Crippen molar-refractivity contribution in [2.75, 3.05) is 7.11 Å². The van der Waals surface area contributed by atoms with Gasteiger partial charge in [0.1, 0.15) is 5.69 Å². The van der Waals surface area contributed by atoms with Crippen molar-refractivity contribution in [3.05, 3.63) is 40.5 Å². The fourth-order valence-corrected chi connectivity index (χ4v) is 2.22. The molecule has 2 aromatic rings. The van der Waals surface area contributed by atoms with Crippen LogP contribution in [0.4, 0.5) is 17.6 Å². The largest absolute Gasteiger partial charge is 0.465 e. The van der Waals surface area contributed by atoms with Gasteiger partial charge in [-0.15, -0.1) is 0 Å². The van der Waals surface area contributed by atoms with Crippen LogP contribution in [0.25, 0.3) is 11.3 Å². The van der Waals surface area contributed by atoms with Gasteiger partial charge in [0.2, 0.25) is 0 Å². The van der Waals surface area contributed by atoms with Gasteiger partial charge in [-0.05, 0) is 23.7 Å². The second kappa shape index (κ2) is 5.20. The molecule has 106 valence electrons. The van der Waals surface area contributed by atoms with Gasteiger partial charge in [-0.1, -0.05) is 12.1 Å². The summed E-state index contributed by atoms with van der Waals surface area (Å²) in [6, 6.07) is 4.08. The second-order valence-electron chi connectivity index (χ2n) is 3.74. The summed E-state index contributed by atoms with van der Waals surface area (Å²) in [6.45, 7) is 0. The van der Waals surface area contributed by atoms with E-state index in [-0.39, 0.29) is 16.1 Å². The summed E-state index contributed by atoms with van der Waals surface area (Å²) in [5.74, 6) is -1.90. The van der Waals surface area contributed by atoms with Gasteiger partial charge in [-0.3, -0.25) is 0 Å². The molecule has 0 saturated heterocycles. The number of rotatable bonds is 2. The van der Waals surface area contributed by atoms with E-state index in [2.05, 4.69) is 9.11 Å². The highest BCUT2D eigenvalue weighted by molar-refractivity contribution is 7.08. The van der Waals surface area contributed by atoms with Crippen LogP contribution in [-0.4, -0.2) is 17.5 Å². The lowest BCUT2D eigenvalue weighted by atomic mass is 10.1. The third-order valence-corrected chi connectivity index (χ3v) is 3.27. The molecule has 1 heterocycles. The molecule has 0 aliphatic carbocycles. The molecule has 0 saturated carbocycles. The van der Waals surface area contributed by atoms with Crippen LogP contribution in [0.15, 0.2) is 24.3 Å². The van der Waals surface area contributed by atoms with Gasteiger partial charge in [-0.25, -0.2) is 9.18 Å². The second-order valence-corrected chi connectivity index (χ2v) is 4.52. The van der Waals surface area contributed by atoms with Gasteiger partial charge in [0.25, 0.3) is 0 Å². The molecule has 0 amide bonds. The van der Waals surface area contributed by atoms with Gasteiger partial charge in [0.15, 0.2) is 10.7 Å². The molecular weight excluding hydrogens is 298 g/mol. The molecule has 1 aromatic carbocycles. The molecule has 0 fully saturated rings. The van der Waals surface area contributed by atoms with Gasteiger partial charge in [0, 0.05) is 5.56 Å². The highest BCUT2D eigenvalue weighted by Crippen LogP contribution is 2.33.